The topological polar surface area (TPSA) is 0 Å². The Bertz CT molecular complexity index is 1670. The third-order valence-electron chi connectivity index (χ3n) is 7.78. The van der Waals surface area contributed by atoms with Crippen molar-refractivity contribution in [3.05, 3.63) is 143 Å². The summed E-state index contributed by atoms with van der Waals surface area (Å²) in [5.74, 6) is 0. The van der Waals surface area contributed by atoms with Gasteiger partial charge in [-0.25, -0.2) is 0 Å². The second kappa shape index (κ2) is 11.5. The molecular formula is C39H39Zr-. The van der Waals surface area contributed by atoms with Crippen LogP contribution in [0.15, 0.2) is 115 Å². The second-order valence-electron chi connectivity index (χ2n) is 12.8. The van der Waals surface area contributed by atoms with Gasteiger partial charge in [0.15, 0.2) is 0 Å². The average molecular weight is 599 g/mol. The molecule has 0 N–H and O–H groups in total. The molecule has 0 aromatic heterocycles. The molecule has 5 aromatic carbocycles. The molecule has 0 fully saturated rings. The molecule has 1 heteroatoms. The van der Waals surface area contributed by atoms with E-state index < -0.39 is 0 Å². The van der Waals surface area contributed by atoms with Crippen molar-refractivity contribution < 1.29 is 24.2 Å². The fourth-order valence-corrected chi connectivity index (χ4v) is 6.35. The summed E-state index contributed by atoms with van der Waals surface area (Å²) in [6, 6.07) is 35.2. The number of allylic oxidation sites excluding steroid dienone is 4. The zero-order valence-corrected chi connectivity index (χ0v) is 27.1. The molecule has 0 heterocycles. The first-order valence-electron chi connectivity index (χ1n) is 14.3. The fraction of sp³-hybridized carbons (Fsp3) is 0.231. The molecule has 0 saturated heterocycles. The Labute approximate surface area is 255 Å². The number of rotatable bonds is 3. The summed E-state index contributed by atoms with van der Waals surface area (Å²) in [5, 5.41) is 5.54. The van der Waals surface area contributed by atoms with Crippen LogP contribution in [0.5, 0.6) is 0 Å². The van der Waals surface area contributed by atoms with Gasteiger partial charge in [-0.3, -0.25) is 0 Å². The van der Waals surface area contributed by atoms with Gasteiger partial charge in [-0.1, -0.05) is 106 Å². The van der Waals surface area contributed by atoms with Gasteiger partial charge in [-0.2, -0.15) is 0 Å². The van der Waals surface area contributed by atoms with Gasteiger partial charge in [0.1, 0.15) is 0 Å². The van der Waals surface area contributed by atoms with Gasteiger partial charge in [0.05, 0.1) is 0 Å². The van der Waals surface area contributed by atoms with E-state index in [2.05, 4.69) is 157 Å². The van der Waals surface area contributed by atoms with Crippen molar-refractivity contribution in [1.29, 1.82) is 0 Å². The number of fused-ring (bicyclic) bond motifs is 3. The van der Waals surface area contributed by atoms with Crippen LogP contribution in [0.2, 0.25) is 0 Å². The van der Waals surface area contributed by atoms with E-state index in [0.717, 1.165) is 6.42 Å². The maximum atomic E-state index is 2.42. The predicted molar refractivity (Wildman–Crippen MR) is 172 cm³/mol. The van der Waals surface area contributed by atoms with E-state index in [1.165, 1.54) is 82.4 Å². The minimum absolute atomic E-state index is 0.132. The van der Waals surface area contributed by atoms with E-state index in [1.807, 2.05) is 0 Å². The van der Waals surface area contributed by atoms with Crippen LogP contribution in [0, 0.1) is 0 Å². The zero-order chi connectivity index (χ0) is 28.5. The summed E-state index contributed by atoms with van der Waals surface area (Å²) in [7, 11) is 0. The summed E-state index contributed by atoms with van der Waals surface area (Å²) < 4.78 is 1.42. The van der Waals surface area contributed by atoms with Crippen molar-refractivity contribution in [2.45, 2.75) is 58.8 Å². The van der Waals surface area contributed by atoms with Gasteiger partial charge in [0, 0.05) is 0 Å². The standard InChI is InChI=1S/C26H29.C13H10.Zr/c1-25(2,3)19-11-12-20-18(15-19)16-22-21(20)13-14-23(26(4,5)6)24(22)17-9-7-8-10-17;1-3-7-12(8-4-1)11-13-9-5-2-6-10-13;/h7-9,11-16H,10H2,1-6H3;1-10H;/q-1;;. The van der Waals surface area contributed by atoms with Crippen LogP contribution in [0.3, 0.4) is 0 Å². The second-order valence-corrected chi connectivity index (χ2v) is 14.1. The monoisotopic (exact) mass is 597 g/mol. The Hall–Kier alpha value is -3.02. The third kappa shape index (κ3) is 6.01. The summed E-state index contributed by atoms with van der Waals surface area (Å²) in [4.78, 5) is 0. The summed E-state index contributed by atoms with van der Waals surface area (Å²) in [6.07, 6.45) is 7.79. The molecule has 0 unspecified atom stereocenters. The fourth-order valence-electron chi connectivity index (χ4n) is 5.53. The molecule has 0 spiro atoms. The van der Waals surface area contributed by atoms with Gasteiger partial charge in [0.25, 0.3) is 0 Å². The van der Waals surface area contributed by atoms with Gasteiger partial charge in [-0.05, 0) is 17.3 Å². The molecule has 0 bridgehead atoms. The van der Waals surface area contributed by atoms with Crippen LogP contribution < -0.4 is 0 Å². The van der Waals surface area contributed by atoms with Crippen molar-refractivity contribution >= 4 is 30.3 Å². The molecule has 5 aromatic rings. The van der Waals surface area contributed by atoms with E-state index in [-0.39, 0.29) is 10.8 Å². The Morgan fingerprint density at radius 2 is 1.30 bits per heavy atom. The molecule has 0 radical (unpaired) electrons. The zero-order valence-electron chi connectivity index (χ0n) is 24.7. The van der Waals surface area contributed by atoms with Crippen molar-refractivity contribution in [2.75, 3.05) is 0 Å². The molecular weight excluding hydrogens is 560 g/mol. The Balaban J connectivity index is 0.000000194. The Morgan fingerprint density at radius 3 is 1.82 bits per heavy atom. The van der Waals surface area contributed by atoms with Crippen LogP contribution in [0.25, 0.3) is 27.1 Å². The summed E-state index contributed by atoms with van der Waals surface area (Å²) >= 11 is 1.46. The van der Waals surface area contributed by atoms with E-state index >= 15 is 0 Å². The SMILES string of the molecule is CC(C)(C)c1ccc2c(c1)[cH-]c1c(C3=CC=CC3)c(C(C)(C)C)ccc12.[Zr]=[C](c1ccccc1)c1ccccc1. The van der Waals surface area contributed by atoms with Gasteiger partial charge in [0.2, 0.25) is 0 Å². The number of hydrogen-bond acceptors (Lipinski definition) is 0. The first-order chi connectivity index (χ1) is 19.0. The Kier molecular flexibility index (Phi) is 8.17. The molecule has 0 amide bonds. The number of hydrogen-bond donors (Lipinski definition) is 0. The first-order valence-corrected chi connectivity index (χ1v) is 15.5. The van der Waals surface area contributed by atoms with E-state index in [0.29, 0.717) is 0 Å². The molecule has 40 heavy (non-hydrogen) atoms. The van der Waals surface area contributed by atoms with E-state index in [1.54, 1.807) is 0 Å². The van der Waals surface area contributed by atoms with Crippen molar-refractivity contribution in [2.24, 2.45) is 0 Å². The van der Waals surface area contributed by atoms with E-state index in [9.17, 15) is 0 Å². The quantitative estimate of drug-likeness (QED) is 0.181. The number of benzene rings is 4. The molecule has 0 aliphatic heterocycles. The third-order valence-corrected chi connectivity index (χ3v) is 9.20. The van der Waals surface area contributed by atoms with Crippen LogP contribution in [0.4, 0.5) is 0 Å². The molecule has 0 saturated carbocycles. The van der Waals surface area contributed by atoms with Crippen LogP contribution in [-0.2, 0) is 35.1 Å². The maximum absolute atomic E-state index is 2.42. The normalized spacial score (nSPS) is 13.3. The minimum atomic E-state index is 0.132. The van der Waals surface area contributed by atoms with Gasteiger partial charge in [-0.15, -0.1) is 33.7 Å². The van der Waals surface area contributed by atoms with Crippen LogP contribution in [-0.4, -0.2) is 3.21 Å². The predicted octanol–water partition coefficient (Wildman–Crippen LogP) is 10.5. The molecule has 1 aliphatic rings. The molecule has 1 aliphatic carbocycles. The molecule has 0 nitrogen and oxygen atoms in total. The summed E-state index contributed by atoms with van der Waals surface area (Å²) in [5.41, 5.74) is 8.72. The van der Waals surface area contributed by atoms with Crippen LogP contribution in [0.1, 0.15) is 75.8 Å². The van der Waals surface area contributed by atoms with Crippen molar-refractivity contribution in [3.8, 4) is 0 Å². The molecule has 0 atom stereocenters. The van der Waals surface area contributed by atoms with Gasteiger partial charge >= 0.3 is 99.2 Å². The Morgan fingerprint density at radius 1 is 0.700 bits per heavy atom. The van der Waals surface area contributed by atoms with E-state index in [4.69, 9.17) is 0 Å². The van der Waals surface area contributed by atoms with Gasteiger partial charge < -0.3 is 0 Å². The molecule has 6 rings (SSSR count). The van der Waals surface area contributed by atoms with Crippen LogP contribution >= 0.6 is 0 Å². The summed E-state index contributed by atoms with van der Waals surface area (Å²) in [6.45, 7) is 13.8. The first kappa shape index (κ1) is 28.5. The molecule has 200 valence electrons. The average Bonchev–Trinajstić information content (AvgIpc) is 3.60. The van der Waals surface area contributed by atoms with Crippen molar-refractivity contribution in [1.82, 2.24) is 0 Å². The van der Waals surface area contributed by atoms with Crippen molar-refractivity contribution in [3.63, 3.8) is 0 Å².